The molecule has 0 atom stereocenters. The van der Waals surface area contributed by atoms with Crippen molar-refractivity contribution in [1.29, 1.82) is 0 Å². The Morgan fingerprint density at radius 3 is 3.11 bits per heavy atom. The van der Waals surface area contributed by atoms with Gasteiger partial charge in [-0.15, -0.1) is 0 Å². The SMILES string of the molecule is CNCCC1=CCC=C1. The number of nitrogens with one attached hydrogen (secondary N) is 1. The van der Waals surface area contributed by atoms with Gasteiger partial charge in [-0.3, -0.25) is 0 Å². The molecule has 0 radical (unpaired) electrons. The Hall–Kier alpha value is -0.560. The molecular formula is C8H13N. The van der Waals surface area contributed by atoms with Gasteiger partial charge < -0.3 is 5.32 Å². The number of allylic oxidation sites excluding steroid dienone is 3. The van der Waals surface area contributed by atoms with Crippen LogP contribution in [0.3, 0.4) is 0 Å². The normalized spacial score (nSPS) is 16.3. The molecule has 0 aromatic rings. The summed E-state index contributed by atoms with van der Waals surface area (Å²) in [5.74, 6) is 0. The average Bonchev–Trinajstić information content (AvgIpc) is 2.34. The monoisotopic (exact) mass is 123 g/mol. The first-order valence-electron chi connectivity index (χ1n) is 3.43. The van der Waals surface area contributed by atoms with Crippen molar-refractivity contribution in [2.75, 3.05) is 13.6 Å². The highest BCUT2D eigenvalue weighted by molar-refractivity contribution is 5.25. The minimum atomic E-state index is 1.09. The van der Waals surface area contributed by atoms with Crippen LogP contribution in [0.2, 0.25) is 0 Å². The molecule has 0 fully saturated rings. The lowest BCUT2D eigenvalue weighted by molar-refractivity contribution is 0.794. The van der Waals surface area contributed by atoms with Crippen molar-refractivity contribution in [3.63, 3.8) is 0 Å². The first-order valence-corrected chi connectivity index (χ1v) is 3.43. The van der Waals surface area contributed by atoms with Crippen LogP contribution in [-0.2, 0) is 0 Å². The van der Waals surface area contributed by atoms with Crippen molar-refractivity contribution >= 4 is 0 Å². The molecule has 1 rings (SSSR count). The lowest BCUT2D eigenvalue weighted by Crippen LogP contribution is -2.07. The van der Waals surface area contributed by atoms with Gasteiger partial charge in [0.2, 0.25) is 0 Å². The van der Waals surface area contributed by atoms with E-state index in [0.717, 1.165) is 13.0 Å². The second kappa shape index (κ2) is 3.46. The van der Waals surface area contributed by atoms with E-state index in [4.69, 9.17) is 0 Å². The lowest BCUT2D eigenvalue weighted by Gasteiger charge is -1.96. The molecule has 0 aromatic carbocycles. The van der Waals surface area contributed by atoms with Crippen LogP contribution >= 0.6 is 0 Å². The van der Waals surface area contributed by atoms with E-state index >= 15 is 0 Å². The van der Waals surface area contributed by atoms with Crippen LogP contribution in [0.1, 0.15) is 12.8 Å². The van der Waals surface area contributed by atoms with E-state index in [2.05, 4.69) is 23.5 Å². The third-order valence-corrected chi connectivity index (χ3v) is 1.51. The molecule has 0 bridgehead atoms. The van der Waals surface area contributed by atoms with Crippen LogP contribution in [0, 0.1) is 0 Å². The largest absolute Gasteiger partial charge is 0.319 e. The Bertz CT molecular complexity index is 134. The fourth-order valence-electron chi connectivity index (χ4n) is 0.962. The van der Waals surface area contributed by atoms with Crippen LogP contribution in [0.25, 0.3) is 0 Å². The molecule has 1 heteroatoms. The van der Waals surface area contributed by atoms with Gasteiger partial charge in [0.15, 0.2) is 0 Å². The number of rotatable bonds is 3. The van der Waals surface area contributed by atoms with Crippen molar-refractivity contribution in [2.24, 2.45) is 0 Å². The molecule has 0 heterocycles. The van der Waals surface area contributed by atoms with E-state index in [1.165, 1.54) is 12.0 Å². The highest BCUT2D eigenvalue weighted by atomic mass is 14.8. The molecule has 1 N–H and O–H groups in total. The Morgan fingerprint density at radius 1 is 1.67 bits per heavy atom. The Balaban J connectivity index is 2.19. The predicted octanol–water partition coefficient (Wildman–Crippen LogP) is 1.48. The smallest absolute Gasteiger partial charge is 0.00115 e. The zero-order chi connectivity index (χ0) is 6.53. The standard InChI is InChI=1S/C8H13N/c1-9-7-6-8-4-2-3-5-8/h2,4-5,9H,3,6-7H2,1H3. The van der Waals surface area contributed by atoms with Gasteiger partial charge in [0.1, 0.15) is 0 Å². The Labute approximate surface area is 56.5 Å². The highest BCUT2D eigenvalue weighted by Gasteiger charge is 1.94. The number of hydrogen-bond acceptors (Lipinski definition) is 1. The predicted molar refractivity (Wildman–Crippen MR) is 40.4 cm³/mol. The summed E-state index contributed by atoms with van der Waals surface area (Å²) in [6, 6.07) is 0. The van der Waals surface area contributed by atoms with E-state index in [0.29, 0.717) is 0 Å². The second-order valence-electron chi connectivity index (χ2n) is 2.27. The summed E-state index contributed by atoms with van der Waals surface area (Å²) in [5.41, 5.74) is 1.48. The maximum absolute atomic E-state index is 3.12. The topological polar surface area (TPSA) is 12.0 Å². The van der Waals surface area contributed by atoms with Gasteiger partial charge in [0.25, 0.3) is 0 Å². The summed E-state index contributed by atoms with van der Waals surface area (Å²) in [6.07, 6.45) is 8.99. The molecule has 9 heavy (non-hydrogen) atoms. The van der Waals surface area contributed by atoms with Crippen molar-refractivity contribution < 1.29 is 0 Å². The molecule has 0 saturated heterocycles. The summed E-state index contributed by atoms with van der Waals surface area (Å²) >= 11 is 0. The maximum Gasteiger partial charge on any atom is -0.00115 e. The maximum atomic E-state index is 3.12. The minimum absolute atomic E-state index is 1.09. The zero-order valence-electron chi connectivity index (χ0n) is 5.85. The third-order valence-electron chi connectivity index (χ3n) is 1.51. The molecule has 50 valence electrons. The fraction of sp³-hybridized carbons (Fsp3) is 0.500. The van der Waals surface area contributed by atoms with E-state index in [1.54, 1.807) is 0 Å². The zero-order valence-corrected chi connectivity index (χ0v) is 5.85. The number of hydrogen-bond donors (Lipinski definition) is 1. The molecule has 1 aliphatic rings. The van der Waals surface area contributed by atoms with Crippen LogP contribution < -0.4 is 5.32 Å². The van der Waals surface area contributed by atoms with E-state index in [-0.39, 0.29) is 0 Å². The first-order chi connectivity index (χ1) is 4.43. The second-order valence-corrected chi connectivity index (χ2v) is 2.27. The molecule has 1 aliphatic carbocycles. The molecule has 0 saturated carbocycles. The Morgan fingerprint density at radius 2 is 2.56 bits per heavy atom. The molecule has 0 amide bonds. The van der Waals surface area contributed by atoms with E-state index in [1.807, 2.05) is 7.05 Å². The van der Waals surface area contributed by atoms with E-state index < -0.39 is 0 Å². The lowest BCUT2D eigenvalue weighted by atomic mass is 10.2. The summed E-state index contributed by atoms with van der Waals surface area (Å²) in [6.45, 7) is 1.09. The van der Waals surface area contributed by atoms with Gasteiger partial charge in [-0.05, 0) is 26.4 Å². The van der Waals surface area contributed by atoms with Crippen LogP contribution in [0.5, 0.6) is 0 Å². The summed E-state index contributed by atoms with van der Waals surface area (Å²) < 4.78 is 0. The Kier molecular flexibility index (Phi) is 2.52. The molecular weight excluding hydrogens is 110 g/mol. The highest BCUT2D eigenvalue weighted by Crippen LogP contribution is 2.10. The van der Waals surface area contributed by atoms with Crippen LogP contribution in [0.15, 0.2) is 23.8 Å². The molecule has 0 aromatic heterocycles. The van der Waals surface area contributed by atoms with Crippen molar-refractivity contribution in [3.05, 3.63) is 23.8 Å². The summed E-state index contributed by atoms with van der Waals surface area (Å²) in [7, 11) is 1.99. The molecule has 1 nitrogen and oxygen atoms in total. The van der Waals surface area contributed by atoms with Gasteiger partial charge >= 0.3 is 0 Å². The van der Waals surface area contributed by atoms with Crippen molar-refractivity contribution in [1.82, 2.24) is 5.32 Å². The summed E-state index contributed by atoms with van der Waals surface area (Å²) in [5, 5.41) is 3.12. The average molecular weight is 123 g/mol. The van der Waals surface area contributed by atoms with Crippen molar-refractivity contribution in [3.8, 4) is 0 Å². The quantitative estimate of drug-likeness (QED) is 0.599. The van der Waals surface area contributed by atoms with Gasteiger partial charge in [0, 0.05) is 0 Å². The molecule has 0 spiro atoms. The first kappa shape index (κ1) is 6.56. The van der Waals surface area contributed by atoms with Gasteiger partial charge in [-0.25, -0.2) is 0 Å². The van der Waals surface area contributed by atoms with Crippen LogP contribution in [-0.4, -0.2) is 13.6 Å². The summed E-state index contributed by atoms with van der Waals surface area (Å²) in [4.78, 5) is 0. The fourth-order valence-corrected chi connectivity index (χ4v) is 0.962. The van der Waals surface area contributed by atoms with Gasteiger partial charge in [-0.1, -0.05) is 23.8 Å². The minimum Gasteiger partial charge on any atom is -0.319 e. The van der Waals surface area contributed by atoms with Crippen LogP contribution in [0.4, 0.5) is 0 Å². The molecule has 0 aliphatic heterocycles. The van der Waals surface area contributed by atoms with Gasteiger partial charge in [-0.2, -0.15) is 0 Å². The van der Waals surface area contributed by atoms with Crippen molar-refractivity contribution in [2.45, 2.75) is 12.8 Å². The third kappa shape index (κ3) is 2.02. The van der Waals surface area contributed by atoms with E-state index in [9.17, 15) is 0 Å². The van der Waals surface area contributed by atoms with Gasteiger partial charge in [0.05, 0.1) is 0 Å². The molecule has 0 unspecified atom stereocenters.